The quantitative estimate of drug-likeness (QED) is 0.511. The third-order valence-corrected chi connectivity index (χ3v) is 0.337. The standard InChI is InChI=1S/C3H3F3N2/c4-3(5,6)1-8-2-7/h7H,1H2. The van der Waals surface area contributed by atoms with Crippen molar-refractivity contribution in [3.8, 4) is 0 Å². The number of hydrogen-bond donors (Lipinski definition) is 1. The molecule has 0 aromatic rings. The van der Waals surface area contributed by atoms with Crippen LogP contribution in [-0.2, 0) is 0 Å². The number of aliphatic imine (C=N–C) groups is 1. The Hall–Kier alpha value is -0.830. The lowest BCUT2D eigenvalue weighted by Gasteiger charge is -1.96. The van der Waals surface area contributed by atoms with Gasteiger partial charge in [0.15, 0.2) is 0 Å². The van der Waals surface area contributed by atoms with Gasteiger partial charge in [-0.15, -0.1) is 0 Å². The minimum atomic E-state index is -4.30. The summed E-state index contributed by atoms with van der Waals surface area (Å²) in [6.45, 7) is -1.31. The molecule has 0 aliphatic heterocycles. The second-order valence-corrected chi connectivity index (χ2v) is 1.04. The maximum atomic E-state index is 11.0. The molecule has 0 rings (SSSR count). The lowest BCUT2D eigenvalue weighted by Crippen LogP contribution is -2.11. The van der Waals surface area contributed by atoms with Crippen LogP contribution in [0.15, 0.2) is 4.99 Å². The summed E-state index contributed by atoms with van der Waals surface area (Å²) in [7, 11) is 0. The van der Waals surface area contributed by atoms with E-state index in [-0.39, 0.29) is 0 Å². The molecule has 46 valence electrons. The molecule has 0 amide bonds. The average molecular weight is 124 g/mol. The third-order valence-electron chi connectivity index (χ3n) is 0.337. The average Bonchev–Trinajstić information content (AvgIpc) is 1.59. The summed E-state index contributed by atoms with van der Waals surface area (Å²) in [4.78, 5) is 2.53. The van der Waals surface area contributed by atoms with Gasteiger partial charge >= 0.3 is 6.18 Å². The van der Waals surface area contributed by atoms with Gasteiger partial charge in [0.1, 0.15) is 6.54 Å². The van der Waals surface area contributed by atoms with Crippen molar-refractivity contribution in [1.29, 1.82) is 5.41 Å². The minimum absolute atomic E-state index is 1.28. The van der Waals surface area contributed by atoms with E-state index in [1.54, 1.807) is 0 Å². The van der Waals surface area contributed by atoms with Crippen molar-refractivity contribution < 1.29 is 13.2 Å². The minimum Gasteiger partial charge on any atom is -0.242 e. The Balaban J connectivity index is 3.55. The summed E-state index contributed by atoms with van der Waals surface area (Å²) < 4.78 is 33.1. The van der Waals surface area contributed by atoms with Gasteiger partial charge in [-0.3, -0.25) is 0 Å². The van der Waals surface area contributed by atoms with E-state index < -0.39 is 12.7 Å². The number of alkyl halides is 3. The normalized spacial score (nSPS) is 10.4. The van der Waals surface area contributed by atoms with Gasteiger partial charge in [-0.1, -0.05) is 0 Å². The molecule has 0 spiro atoms. The molecule has 0 aliphatic carbocycles. The summed E-state index contributed by atoms with van der Waals surface area (Å²) >= 11 is 0. The molecule has 0 heterocycles. The fourth-order valence-electron chi connectivity index (χ4n) is 0.129. The molecular formula is C3H3F3N2. The molecule has 0 fully saturated rings. The van der Waals surface area contributed by atoms with Crippen LogP contribution in [0.4, 0.5) is 13.2 Å². The van der Waals surface area contributed by atoms with Crippen molar-refractivity contribution in [2.45, 2.75) is 6.18 Å². The Morgan fingerprint density at radius 3 is 2.12 bits per heavy atom. The van der Waals surface area contributed by atoms with Gasteiger partial charge in [0.25, 0.3) is 0 Å². The van der Waals surface area contributed by atoms with E-state index in [0.717, 1.165) is 0 Å². The van der Waals surface area contributed by atoms with Gasteiger partial charge in [0, 0.05) is 0 Å². The van der Waals surface area contributed by atoms with Crippen LogP contribution >= 0.6 is 0 Å². The van der Waals surface area contributed by atoms with E-state index in [1.807, 2.05) is 0 Å². The topological polar surface area (TPSA) is 36.2 Å². The van der Waals surface area contributed by atoms with Crippen LogP contribution in [0.2, 0.25) is 0 Å². The predicted molar refractivity (Wildman–Crippen MR) is 21.1 cm³/mol. The predicted octanol–water partition coefficient (Wildman–Crippen LogP) is 1.30. The molecule has 5 heteroatoms. The van der Waals surface area contributed by atoms with Crippen molar-refractivity contribution in [2.24, 2.45) is 4.99 Å². The molecule has 0 radical (unpaired) electrons. The second kappa shape index (κ2) is 2.47. The van der Waals surface area contributed by atoms with E-state index in [1.165, 1.54) is 6.01 Å². The Labute approximate surface area is 43.5 Å². The highest BCUT2D eigenvalue weighted by atomic mass is 19.4. The molecule has 0 aromatic heterocycles. The number of hydrogen-bond acceptors (Lipinski definition) is 2. The van der Waals surface area contributed by atoms with Gasteiger partial charge < -0.3 is 0 Å². The molecule has 8 heavy (non-hydrogen) atoms. The fourth-order valence-corrected chi connectivity index (χ4v) is 0.129. The SMILES string of the molecule is N=C=NCC(F)(F)F. The first-order chi connectivity index (χ1) is 3.56. The Bertz CT molecular complexity index is 110. The maximum Gasteiger partial charge on any atom is 0.408 e. The molecule has 0 saturated carbocycles. The zero-order valence-corrected chi connectivity index (χ0v) is 3.79. The van der Waals surface area contributed by atoms with Gasteiger partial charge in [-0.05, 0) is 0 Å². The molecule has 0 bridgehead atoms. The molecule has 1 N–H and O–H groups in total. The highest BCUT2D eigenvalue weighted by Crippen LogP contribution is 2.13. The first-order valence-corrected chi connectivity index (χ1v) is 1.71. The lowest BCUT2D eigenvalue weighted by atomic mass is 10.7. The third kappa shape index (κ3) is 5.17. The van der Waals surface area contributed by atoms with Crippen LogP contribution < -0.4 is 0 Å². The molecule has 0 saturated heterocycles. The molecule has 2 nitrogen and oxygen atoms in total. The summed E-state index contributed by atoms with van der Waals surface area (Å²) in [5.41, 5.74) is 0. The van der Waals surface area contributed by atoms with E-state index in [2.05, 4.69) is 4.99 Å². The van der Waals surface area contributed by atoms with Crippen molar-refractivity contribution in [2.75, 3.05) is 6.54 Å². The Morgan fingerprint density at radius 2 is 2.00 bits per heavy atom. The van der Waals surface area contributed by atoms with Gasteiger partial charge in [-0.2, -0.15) is 13.2 Å². The fraction of sp³-hybridized carbons (Fsp3) is 0.667. The summed E-state index contributed by atoms with van der Waals surface area (Å²) in [5.74, 6) is 0. The monoisotopic (exact) mass is 124 g/mol. The molecule has 0 aromatic carbocycles. The zero-order valence-electron chi connectivity index (χ0n) is 3.79. The Kier molecular flexibility index (Phi) is 2.21. The number of nitrogens with one attached hydrogen (secondary N) is 1. The smallest absolute Gasteiger partial charge is 0.242 e. The largest absolute Gasteiger partial charge is 0.408 e. The van der Waals surface area contributed by atoms with Gasteiger partial charge in [-0.25, -0.2) is 10.4 Å². The first-order valence-electron chi connectivity index (χ1n) is 1.71. The lowest BCUT2D eigenvalue weighted by molar-refractivity contribution is -0.118. The van der Waals surface area contributed by atoms with Gasteiger partial charge in [0.05, 0.1) is 6.01 Å². The molecule has 0 atom stereocenters. The van der Waals surface area contributed by atoms with Crippen molar-refractivity contribution in [3.63, 3.8) is 0 Å². The number of halogens is 3. The molecular weight excluding hydrogens is 121 g/mol. The highest BCUT2D eigenvalue weighted by Gasteiger charge is 2.25. The van der Waals surface area contributed by atoms with Crippen molar-refractivity contribution >= 4 is 6.01 Å². The molecule has 0 aliphatic rings. The van der Waals surface area contributed by atoms with Crippen molar-refractivity contribution in [1.82, 2.24) is 0 Å². The first kappa shape index (κ1) is 7.17. The van der Waals surface area contributed by atoms with Crippen LogP contribution in [0.3, 0.4) is 0 Å². The zero-order chi connectivity index (χ0) is 6.62. The van der Waals surface area contributed by atoms with Gasteiger partial charge in [0.2, 0.25) is 0 Å². The maximum absolute atomic E-state index is 11.0. The van der Waals surface area contributed by atoms with Crippen LogP contribution in [-0.4, -0.2) is 18.7 Å². The van der Waals surface area contributed by atoms with E-state index in [0.29, 0.717) is 0 Å². The second-order valence-electron chi connectivity index (χ2n) is 1.04. The van der Waals surface area contributed by atoms with Crippen LogP contribution in [0.25, 0.3) is 0 Å². The van der Waals surface area contributed by atoms with Crippen LogP contribution in [0, 0.1) is 5.41 Å². The van der Waals surface area contributed by atoms with E-state index >= 15 is 0 Å². The number of nitrogens with zero attached hydrogens (tertiary/aromatic N) is 1. The highest BCUT2D eigenvalue weighted by molar-refractivity contribution is 5.35. The summed E-state index contributed by atoms with van der Waals surface area (Å²) in [5, 5.41) is 5.97. The van der Waals surface area contributed by atoms with Crippen LogP contribution in [0.5, 0.6) is 0 Å². The summed E-state index contributed by atoms with van der Waals surface area (Å²) in [6, 6.07) is 1.28. The van der Waals surface area contributed by atoms with E-state index in [4.69, 9.17) is 5.41 Å². The molecule has 0 unspecified atom stereocenters. The Morgan fingerprint density at radius 1 is 1.50 bits per heavy atom. The van der Waals surface area contributed by atoms with Crippen LogP contribution in [0.1, 0.15) is 0 Å². The van der Waals surface area contributed by atoms with Crippen molar-refractivity contribution in [3.05, 3.63) is 0 Å². The summed E-state index contributed by atoms with van der Waals surface area (Å²) in [6.07, 6.45) is -4.30. The number of rotatable bonds is 1. The van der Waals surface area contributed by atoms with E-state index in [9.17, 15) is 13.2 Å².